The fourth-order valence-electron chi connectivity index (χ4n) is 4.42. The fraction of sp³-hybridized carbons (Fsp3) is 0.769. The first-order chi connectivity index (χ1) is 8.34. The number of nitrogens with zero attached hydrogens (tertiary/aromatic N) is 2. The molecule has 92 valence electrons. The lowest BCUT2D eigenvalue weighted by Crippen LogP contribution is -2.45. The van der Waals surface area contributed by atoms with E-state index in [9.17, 15) is 0 Å². The molecule has 3 unspecified atom stereocenters. The summed E-state index contributed by atoms with van der Waals surface area (Å²) in [5, 5.41) is 4.22. The minimum Gasteiger partial charge on any atom is -0.383 e. The second kappa shape index (κ2) is 3.33. The molecule has 2 fully saturated rings. The molecular formula is C13H18N2O2. The van der Waals surface area contributed by atoms with E-state index in [0.717, 1.165) is 13.0 Å². The maximum atomic E-state index is 5.48. The molecule has 2 saturated heterocycles. The summed E-state index contributed by atoms with van der Waals surface area (Å²) in [4.78, 5) is 2.70. The summed E-state index contributed by atoms with van der Waals surface area (Å²) < 4.78 is 10.6. The third kappa shape index (κ3) is 1.17. The van der Waals surface area contributed by atoms with Gasteiger partial charge in [0.2, 0.25) is 0 Å². The maximum absolute atomic E-state index is 5.48. The molecule has 2 aliphatic heterocycles. The monoisotopic (exact) mass is 234 g/mol. The molecule has 0 saturated carbocycles. The van der Waals surface area contributed by atoms with Crippen molar-refractivity contribution in [2.75, 3.05) is 20.3 Å². The molecule has 17 heavy (non-hydrogen) atoms. The summed E-state index contributed by atoms with van der Waals surface area (Å²) >= 11 is 0. The van der Waals surface area contributed by atoms with Crippen molar-refractivity contribution < 1.29 is 9.26 Å². The van der Waals surface area contributed by atoms with E-state index in [1.54, 1.807) is 0 Å². The lowest BCUT2D eigenvalue weighted by molar-refractivity contribution is 0.0500. The van der Waals surface area contributed by atoms with Gasteiger partial charge in [-0.05, 0) is 32.2 Å². The molecule has 0 amide bonds. The van der Waals surface area contributed by atoms with Gasteiger partial charge in [-0.2, -0.15) is 0 Å². The van der Waals surface area contributed by atoms with E-state index in [4.69, 9.17) is 9.26 Å². The number of hydrogen-bond donors (Lipinski definition) is 0. The zero-order valence-electron chi connectivity index (χ0n) is 10.2. The first kappa shape index (κ1) is 10.1. The van der Waals surface area contributed by atoms with E-state index in [1.807, 2.05) is 13.4 Å². The lowest BCUT2D eigenvalue weighted by atomic mass is 9.89. The molecule has 4 rings (SSSR count). The fourth-order valence-corrected chi connectivity index (χ4v) is 4.42. The van der Waals surface area contributed by atoms with E-state index in [0.29, 0.717) is 17.5 Å². The number of hydrogen-bond acceptors (Lipinski definition) is 4. The Morgan fingerprint density at radius 2 is 2.59 bits per heavy atom. The smallest absolute Gasteiger partial charge is 0.127 e. The van der Waals surface area contributed by atoms with Crippen molar-refractivity contribution in [1.29, 1.82) is 0 Å². The highest BCUT2D eigenvalue weighted by Gasteiger charge is 2.57. The van der Waals surface area contributed by atoms with Crippen LogP contribution in [0.25, 0.3) is 0 Å². The van der Waals surface area contributed by atoms with E-state index < -0.39 is 0 Å². The van der Waals surface area contributed by atoms with Crippen LogP contribution in [0.2, 0.25) is 0 Å². The van der Waals surface area contributed by atoms with E-state index >= 15 is 0 Å². The van der Waals surface area contributed by atoms with Crippen molar-refractivity contribution in [3.05, 3.63) is 17.5 Å². The Bertz CT molecular complexity index is 444. The van der Waals surface area contributed by atoms with Crippen LogP contribution < -0.4 is 0 Å². The molecule has 1 aromatic heterocycles. The van der Waals surface area contributed by atoms with Crippen LogP contribution in [0.1, 0.15) is 36.4 Å². The Labute approximate surface area is 101 Å². The Morgan fingerprint density at radius 3 is 3.47 bits per heavy atom. The molecule has 3 heterocycles. The van der Waals surface area contributed by atoms with Gasteiger partial charge in [-0.15, -0.1) is 0 Å². The van der Waals surface area contributed by atoms with Gasteiger partial charge in [0.1, 0.15) is 6.26 Å². The second-order valence-electron chi connectivity index (χ2n) is 5.76. The average Bonchev–Trinajstić information content (AvgIpc) is 2.96. The van der Waals surface area contributed by atoms with Crippen LogP contribution in [-0.2, 0) is 11.2 Å². The molecule has 0 N–H and O–H groups in total. The van der Waals surface area contributed by atoms with Crippen molar-refractivity contribution in [3.8, 4) is 0 Å². The van der Waals surface area contributed by atoms with Gasteiger partial charge in [-0.3, -0.25) is 4.90 Å². The van der Waals surface area contributed by atoms with Crippen molar-refractivity contribution in [2.24, 2.45) is 0 Å². The van der Waals surface area contributed by atoms with Gasteiger partial charge in [0.05, 0.1) is 12.3 Å². The van der Waals surface area contributed by atoms with Gasteiger partial charge in [-0.1, -0.05) is 5.16 Å². The Kier molecular flexibility index (Phi) is 1.97. The molecule has 3 aliphatic rings. The number of aromatic nitrogens is 1. The van der Waals surface area contributed by atoms with Crippen LogP contribution >= 0.6 is 0 Å². The van der Waals surface area contributed by atoms with E-state index in [1.165, 1.54) is 37.1 Å². The molecule has 0 bridgehead atoms. The molecule has 0 aromatic carbocycles. The van der Waals surface area contributed by atoms with E-state index in [-0.39, 0.29) is 0 Å². The predicted molar refractivity (Wildman–Crippen MR) is 61.9 cm³/mol. The summed E-state index contributed by atoms with van der Waals surface area (Å²) in [5.41, 5.74) is 2.85. The average molecular weight is 234 g/mol. The topological polar surface area (TPSA) is 38.5 Å². The predicted octanol–water partition coefficient (Wildman–Crippen LogP) is 1.57. The van der Waals surface area contributed by atoms with Crippen LogP contribution in [0.3, 0.4) is 0 Å². The summed E-state index contributed by atoms with van der Waals surface area (Å²) in [7, 11) is 1.82. The highest BCUT2D eigenvalue weighted by Crippen LogP contribution is 2.53. The highest BCUT2D eigenvalue weighted by molar-refractivity contribution is 5.34. The largest absolute Gasteiger partial charge is 0.383 e. The molecule has 1 aliphatic carbocycles. The highest BCUT2D eigenvalue weighted by atomic mass is 16.5. The molecule has 1 aromatic rings. The molecule has 4 heteroatoms. The van der Waals surface area contributed by atoms with Gasteiger partial charge in [0.25, 0.3) is 0 Å². The number of rotatable bonds is 2. The van der Waals surface area contributed by atoms with Crippen LogP contribution in [0.15, 0.2) is 10.8 Å². The number of fused-ring (bicyclic) bond motifs is 5. The van der Waals surface area contributed by atoms with Crippen LogP contribution in [-0.4, -0.2) is 41.9 Å². The minimum atomic E-state index is 0.292. The SMILES string of the molecule is COCC12CCCN1C1Cc3conc3C1C2. The third-order valence-corrected chi connectivity index (χ3v) is 4.98. The summed E-state index contributed by atoms with van der Waals surface area (Å²) in [6.07, 6.45) is 6.75. The Hall–Kier alpha value is -0.870. The van der Waals surface area contributed by atoms with Gasteiger partial charge in [0, 0.05) is 30.2 Å². The lowest BCUT2D eigenvalue weighted by Gasteiger charge is -2.34. The van der Waals surface area contributed by atoms with Crippen molar-refractivity contribution in [2.45, 2.75) is 43.2 Å². The van der Waals surface area contributed by atoms with Crippen molar-refractivity contribution in [3.63, 3.8) is 0 Å². The van der Waals surface area contributed by atoms with Gasteiger partial charge >= 0.3 is 0 Å². The molecular weight excluding hydrogens is 216 g/mol. The standard InChI is InChI=1S/C13H18N2O2/c1-16-8-13-3-2-4-15(13)11-5-9-7-17-14-12(9)10(11)6-13/h7,10-11H,2-6,8H2,1H3. The second-order valence-corrected chi connectivity index (χ2v) is 5.76. The first-order valence-electron chi connectivity index (χ1n) is 6.53. The maximum Gasteiger partial charge on any atom is 0.127 e. The minimum absolute atomic E-state index is 0.292. The third-order valence-electron chi connectivity index (χ3n) is 4.98. The molecule has 0 radical (unpaired) electrons. The normalized spacial score (nSPS) is 39.4. The Balaban J connectivity index is 1.71. The number of methoxy groups -OCH3 is 1. The number of ether oxygens (including phenoxy) is 1. The van der Waals surface area contributed by atoms with Crippen LogP contribution in [0.5, 0.6) is 0 Å². The van der Waals surface area contributed by atoms with Gasteiger partial charge in [0.15, 0.2) is 0 Å². The van der Waals surface area contributed by atoms with Crippen LogP contribution in [0, 0.1) is 0 Å². The van der Waals surface area contributed by atoms with Gasteiger partial charge < -0.3 is 9.26 Å². The van der Waals surface area contributed by atoms with Crippen molar-refractivity contribution >= 4 is 0 Å². The first-order valence-corrected chi connectivity index (χ1v) is 6.53. The summed E-state index contributed by atoms with van der Waals surface area (Å²) in [6.45, 7) is 2.10. The summed E-state index contributed by atoms with van der Waals surface area (Å²) in [5.74, 6) is 0.583. The zero-order chi connectivity index (χ0) is 11.5. The zero-order valence-corrected chi connectivity index (χ0v) is 10.2. The van der Waals surface area contributed by atoms with Crippen LogP contribution in [0.4, 0.5) is 0 Å². The van der Waals surface area contributed by atoms with Gasteiger partial charge in [-0.25, -0.2) is 0 Å². The van der Waals surface area contributed by atoms with Crippen molar-refractivity contribution in [1.82, 2.24) is 10.1 Å². The quantitative estimate of drug-likeness (QED) is 0.778. The van der Waals surface area contributed by atoms with E-state index in [2.05, 4.69) is 10.1 Å². The summed E-state index contributed by atoms with van der Waals surface area (Å²) in [6, 6.07) is 0.654. The molecule has 4 nitrogen and oxygen atoms in total. The molecule has 0 spiro atoms. The molecule has 3 atom stereocenters. The Morgan fingerprint density at radius 1 is 1.65 bits per heavy atom.